The molecule has 3 nitrogen and oxygen atoms in total. The molecule has 0 bridgehead atoms. The van der Waals surface area contributed by atoms with E-state index in [1.165, 1.54) is 26.2 Å². The molecule has 106 valence electrons. The summed E-state index contributed by atoms with van der Waals surface area (Å²) < 4.78 is 17.3. The number of benzene rings is 1. The monoisotopic (exact) mass is 282 g/mol. The largest absolute Gasteiger partial charge is 0.425 e. The van der Waals surface area contributed by atoms with Crippen molar-refractivity contribution < 1.29 is 13.7 Å². The molecule has 1 atom stereocenters. The van der Waals surface area contributed by atoms with E-state index in [0.29, 0.717) is 16.4 Å². The number of esters is 1. The fourth-order valence-electron chi connectivity index (χ4n) is 1.82. The van der Waals surface area contributed by atoms with Crippen LogP contribution in [0.2, 0.25) is 0 Å². The van der Waals surface area contributed by atoms with Crippen molar-refractivity contribution in [2.45, 2.75) is 50.8 Å². The standard InChI is InChI=1S/C15H22O3S/c1-3-4-5-6-9-12-19(17)15-11-8-7-10-14(15)18-13(2)16/h7-8,10-11H,3-6,9,12H2,1-2H3. The number of ether oxygens (including phenoxy) is 1. The van der Waals surface area contributed by atoms with Crippen LogP contribution in [0.15, 0.2) is 29.2 Å². The quantitative estimate of drug-likeness (QED) is 0.415. The first-order valence-electron chi connectivity index (χ1n) is 6.81. The number of rotatable bonds is 8. The zero-order valence-corrected chi connectivity index (χ0v) is 12.5. The molecule has 0 radical (unpaired) electrons. The van der Waals surface area contributed by atoms with Crippen LogP contribution >= 0.6 is 0 Å². The Bertz CT molecular complexity index is 429. The summed E-state index contributed by atoms with van der Waals surface area (Å²) in [6.07, 6.45) is 5.69. The summed E-state index contributed by atoms with van der Waals surface area (Å²) in [5.41, 5.74) is 0. The van der Waals surface area contributed by atoms with E-state index in [-0.39, 0.29) is 5.97 Å². The highest BCUT2D eigenvalue weighted by atomic mass is 32.2. The van der Waals surface area contributed by atoms with Crippen LogP contribution in [0.5, 0.6) is 5.75 Å². The molecule has 0 aliphatic heterocycles. The molecule has 0 N–H and O–H groups in total. The Balaban J connectivity index is 2.54. The Labute approximate surface area is 117 Å². The highest BCUT2D eigenvalue weighted by Crippen LogP contribution is 2.22. The normalized spacial score (nSPS) is 12.1. The van der Waals surface area contributed by atoms with E-state index in [9.17, 15) is 9.00 Å². The van der Waals surface area contributed by atoms with Crippen molar-refractivity contribution in [1.29, 1.82) is 0 Å². The van der Waals surface area contributed by atoms with Gasteiger partial charge >= 0.3 is 5.97 Å². The van der Waals surface area contributed by atoms with E-state index in [1.54, 1.807) is 18.2 Å². The molecule has 0 fully saturated rings. The van der Waals surface area contributed by atoms with Crippen LogP contribution in [0.4, 0.5) is 0 Å². The zero-order chi connectivity index (χ0) is 14.1. The maximum atomic E-state index is 12.2. The third-order valence-electron chi connectivity index (χ3n) is 2.78. The molecule has 1 unspecified atom stereocenters. The van der Waals surface area contributed by atoms with Gasteiger partial charge in [-0.3, -0.25) is 9.00 Å². The molecule has 0 saturated heterocycles. The molecular weight excluding hydrogens is 260 g/mol. The minimum absolute atomic E-state index is 0.382. The molecule has 1 aromatic rings. The molecule has 0 aliphatic carbocycles. The van der Waals surface area contributed by atoms with Crippen LogP contribution in [0.25, 0.3) is 0 Å². The first kappa shape index (κ1) is 15.9. The average molecular weight is 282 g/mol. The van der Waals surface area contributed by atoms with Gasteiger partial charge in [-0.2, -0.15) is 0 Å². The molecule has 0 spiro atoms. The van der Waals surface area contributed by atoms with Crippen LogP contribution in [0.3, 0.4) is 0 Å². The summed E-state index contributed by atoms with van der Waals surface area (Å²) in [5.74, 6) is 0.663. The molecule has 1 rings (SSSR count). The van der Waals surface area contributed by atoms with Crippen molar-refractivity contribution in [3.05, 3.63) is 24.3 Å². The van der Waals surface area contributed by atoms with Gasteiger partial charge in [0, 0.05) is 12.7 Å². The lowest BCUT2D eigenvalue weighted by atomic mass is 10.2. The van der Waals surface area contributed by atoms with Gasteiger partial charge in [-0.05, 0) is 18.6 Å². The third kappa shape index (κ3) is 6.01. The third-order valence-corrected chi connectivity index (χ3v) is 4.27. The number of para-hydroxylation sites is 1. The number of hydrogen-bond acceptors (Lipinski definition) is 3. The summed E-state index contributed by atoms with van der Waals surface area (Å²) >= 11 is 0. The van der Waals surface area contributed by atoms with E-state index >= 15 is 0 Å². The highest BCUT2D eigenvalue weighted by Gasteiger charge is 2.11. The summed E-state index contributed by atoms with van der Waals surface area (Å²) in [5, 5.41) is 0. The summed E-state index contributed by atoms with van der Waals surface area (Å²) in [6, 6.07) is 7.05. The van der Waals surface area contributed by atoms with Gasteiger partial charge < -0.3 is 4.74 Å². The summed E-state index contributed by atoms with van der Waals surface area (Å²) in [7, 11) is -1.09. The predicted molar refractivity (Wildman–Crippen MR) is 77.8 cm³/mol. The van der Waals surface area contributed by atoms with Crippen molar-refractivity contribution in [3.63, 3.8) is 0 Å². The lowest BCUT2D eigenvalue weighted by molar-refractivity contribution is -0.132. The SMILES string of the molecule is CCCCCCCS(=O)c1ccccc1OC(C)=O. The van der Waals surface area contributed by atoms with E-state index in [0.717, 1.165) is 12.8 Å². The van der Waals surface area contributed by atoms with Gasteiger partial charge in [0.25, 0.3) is 0 Å². The molecule has 4 heteroatoms. The molecule has 19 heavy (non-hydrogen) atoms. The number of carbonyl (C=O) groups is 1. The maximum absolute atomic E-state index is 12.2. The van der Waals surface area contributed by atoms with Crippen LogP contribution in [0, 0.1) is 0 Å². The zero-order valence-electron chi connectivity index (χ0n) is 11.7. The average Bonchev–Trinajstić information content (AvgIpc) is 2.38. The van der Waals surface area contributed by atoms with Gasteiger partial charge in [-0.1, -0.05) is 44.7 Å². The van der Waals surface area contributed by atoms with Crippen LogP contribution in [-0.4, -0.2) is 15.9 Å². The van der Waals surface area contributed by atoms with Crippen molar-refractivity contribution in [1.82, 2.24) is 0 Å². The predicted octanol–water partition coefficient (Wildman–Crippen LogP) is 3.69. The van der Waals surface area contributed by atoms with Gasteiger partial charge in [0.15, 0.2) is 0 Å². The number of unbranched alkanes of at least 4 members (excludes halogenated alkanes) is 4. The number of hydrogen-bond donors (Lipinski definition) is 0. The highest BCUT2D eigenvalue weighted by molar-refractivity contribution is 7.85. The van der Waals surface area contributed by atoms with Crippen LogP contribution in [-0.2, 0) is 15.6 Å². The van der Waals surface area contributed by atoms with E-state index in [4.69, 9.17) is 4.74 Å². The summed E-state index contributed by atoms with van der Waals surface area (Å²) in [6.45, 7) is 3.53. The van der Waals surface area contributed by atoms with Crippen molar-refractivity contribution in [3.8, 4) is 5.75 Å². The molecular formula is C15H22O3S. The Hall–Kier alpha value is -1.16. The van der Waals surface area contributed by atoms with Crippen LogP contribution < -0.4 is 4.74 Å². The van der Waals surface area contributed by atoms with Gasteiger partial charge in [-0.15, -0.1) is 0 Å². The molecule has 0 saturated carbocycles. The molecule has 0 aromatic heterocycles. The maximum Gasteiger partial charge on any atom is 0.308 e. The molecule has 0 aliphatic rings. The second-order valence-electron chi connectivity index (χ2n) is 4.50. The lowest BCUT2D eigenvalue weighted by Crippen LogP contribution is -2.06. The van der Waals surface area contributed by atoms with Crippen molar-refractivity contribution >= 4 is 16.8 Å². The molecule has 1 aromatic carbocycles. The fourth-order valence-corrected chi connectivity index (χ4v) is 3.07. The topological polar surface area (TPSA) is 43.4 Å². The number of carbonyl (C=O) groups excluding carboxylic acids is 1. The molecule has 0 heterocycles. The minimum atomic E-state index is -1.09. The Morgan fingerprint density at radius 3 is 2.53 bits per heavy atom. The Morgan fingerprint density at radius 1 is 1.16 bits per heavy atom. The lowest BCUT2D eigenvalue weighted by Gasteiger charge is -2.08. The second-order valence-corrected chi connectivity index (χ2v) is 6.04. The Kier molecular flexibility index (Phi) is 7.41. The second kappa shape index (κ2) is 8.86. The minimum Gasteiger partial charge on any atom is -0.425 e. The smallest absolute Gasteiger partial charge is 0.308 e. The van der Waals surface area contributed by atoms with E-state index in [2.05, 4.69) is 6.92 Å². The Morgan fingerprint density at radius 2 is 1.84 bits per heavy atom. The van der Waals surface area contributed by atoms with Gasteiger partial charge in [0.05, 0.1) is 15.7 Å². The first-order valence-corrected chi connectivity index (χ1v) is 8.13. The fraction of sp³-hybridized carbons (Fsp3) is 0.533. The van der Waals surface area contributed by atoms with Gasteiger partial charge in [-0.25, -0.2) is 0 Å². The van der Waals surface area contributed by atoms with Crippen LogP contribution in [0.1, 0.15) is 46.0 Å². The first-order chi connectivity index (χ1) is 9.15. The van der Waals surface area contributed by atoms with E-state index in [1.807, 2.05) is 6.07 Å². The van der Waals surface area contributed by atoms with Crippen molar-refractivity contribution in [2.24, 2.45) is 0 Å². The van der Waals surface area contributed by atoms with E-state index < -0.39 is 10.8 Å². The van der Waals surface area contributed by atoms with Gasteiger partial charge in [0.1, 0.15) is 5.75 Å². The van der Waals surface area contributed by atoms with Gasteiger partial charge in [0.2, 0.25) is 0 Å². The van der Waals surface area contributed by atoms with Crippen molar-refractivity contribution in [2.75, 3.05) is 5.75 Å². The molecule has 0 amide bonds. The summed E-state index contributed by atoms with van der Waals surface area (Å²) in [4.78, 5) is 11.6.